The SMILES string of the molecule is O=C(CNC(=O)c1ccc(Cl)cc1)NCc1csc(-c2ccncc2)n1. The second kappa shape index (κ2) is 8.55. The molecular formula is C18H15ClN4O2S. The first kappa shape index (κ1) is 18.0. The first-order chi connectivity index (χ1) is 12.6. The Morgan fingerprint density at radius 2 is 1.77 bits per heavy atom. The molecule has 0 unspecified atom stereocenters. The van der Waals surface area contributed by atoms with E-state index in [0.717, 1.165) is 16.3 Å². The number of hydrogen-bond donors (Lipinski definition) is 2. The monoisotopic (exact) mass is 386 g/mol. The summed E-state index contributed by atoms with van der Waals surface area (Å²) in [4.78, 5) is 32.3. The molecule has 0 spiro atoms. The smallest absolute Gasteiger partial charge is 0.251 e. The van der Waals surface area contributed by atoms with Crippen LogP contribution in [0.2, 0.25) is 5.02 Å². The van der Waals surface area contributed by atoms with E-state index in [0.29, 0.717) is 17.1 Å². The molecule has 0 aliphatic heterocycles. The Bertz CT molecular complexity index is 897. The van der Waals surface area contributed by atoms with Gasteiger partial charge in [0.1, 0.15) is 5.01 Å². The van der Waals surface area contributed by atoms with Gasteiger partial charge in [-0.1, -0.05) is 11.6 Å². The molecule has 3 aromatic rings. The van der Waals surface area contributed by atoms with E-state index in [2.05, 4.69) is 20.6 Å². The molecule has 2 amide bonds. The van der Waals surface area contributed by atoms with E-state index in [1.54, 1.807) is 36.7 Å². The number of rotatable bonds is 6. The largest absolute Gasteiger partial charge is 0.349 e. The van der Waals surface area contributed by atoms with Crippen LogP contribution in [0, 0.1) is 0 Å². The van der Waals surface area contributed by atoms with Crippen LogP contribution < -0.4 is 10.6 Å². The third-order valence-corrected chi connectivity index (χ3v) is 4.65. The highest BCUT2D eigenvalue weighted by molar-refractivity contribution is 7.13. The lowest BCUT2D eigenvalue weighted by Crippen LogP contribution is -2.36. The Morgan fingerprint density at radius 3 is 2.50 bits per heavy atom. The Balaban J connectivity index is 1.46. The summed E-state index contributed by atoms with van der Waals surface area (Å²) in [7, 11) is 0. The van der Waals surface area contributed by atoms with Crippen LogP contribution in [0.25, 0.3) is 10.6 Å². The van der Waals surface area contributed by atoms with Crippen molar-refractivity contribution >= 4 is 34.8 Å². The molecule has 132 valence electrons. The van der Waals surface area contributed by atoms with E-state index in [9.17, 15) is 9.59 Å². The normalized spacial score (nSPS) is 10.3. The molecule has 2 heterocycles. The van der Waals surface area contributed by atoms with Crippen molar-refractivity contribution < 1.29 is 9.59 Å². The fraction of sp³-hybridized carbons (Fsp3) is 0.111. The molecule has 0 radical (unpaired) electrons. The third-order valence-electron chi connectivity index (χ3n) is 3.46. The van der Waals surface area contributed by atoms with E-state index >= 15 is 0 Å². The standard InChI is InChI=1S/C18H15ClN4O2S/c19-14-3-1-12(2-4-14)17(25)22-10-16(24)21-9-15-11-26-18(23-15)13-5-7-20-8-6-13/h1-8,11H,9-10H2,(H,21,24)(H,22,25). The molecule has 0 saturated heterocycles. The Morgan fingerprint density at radius 1 is 1.04 bits per heavy atom. The summed E-state index contributed by atoms with van der Waals surface area (Å²) in [5.41, 5.74) is 2.20. The number of thiazole rings is 1. The number of nitrogens with zero attached hydrogens (tertiary/aromatic N) is 2. The van der Waals surface area contributed by atoms with Gasteiger partial charge >= 0.3 is 0 Å². The maximum atomic E-state index is 11.9. The van der Waals surface area contributed by atoms with E-state index < -0.39 is 0 Å². The van der Waals surface area contributed by atoms with Gasteiger partial charge < -0.3 is 10.6 Å². The summed E-state index contributed by atoms with van der Waals surface area (Å²) in [6, 6.07) is 10.2. The van der Waals surface area contributed by atoms with Gasteiger partial charge in [-0.25, -0.2) is 4.98 Å². The van der Waals surface area contributed by atoms with Crippen LogP contribution in [0.5, 0.6) is 0 Å². The molecule has 0 fully saturated rings. The lowest BCUT2D eigenvalue weighted by atomic mass is 10.2. The predicted octanol–water partition coefficient (Wildman–Crippen LogP) is 2.90. The van der Waals surface area contributed by atoms with Crippen molar-refractivity contribution in [1.29, 1.82) is 0 Å². The van der Waals surface area contributed by atoms with Gasteiger partial charge in [-0.05, 0) is 36.4 Å². The average molecular weight is 387 g/mol. The van der Waals surface area contributed by atoms with Crippen molar-refractivity contribution in [3.8, 4) is 10.6 Å². The van der Waals surface area contributed by atoms with Crippen molar-refractivity contribution in [1.82, 2.24) is 20.6 Å². The van der Waals surface area contributed by atoms with Crippen LogP contribution in [0.15, 0.2) is 54.2 Å². The van der Waals surface area contributed by atoms with Gasteiger partial charge in [0, 0.05) is 33.9 Å². The minimum Gasteiger partial charge on any atom is -0.349 e. The molecule has 6 nitrogen and oxygen atoms in total. The van der Waals surface area contributed by atoms with E-state index in [1.807, 2.05) is 17.5 Å². The van der Waals surface area contributed by atoms with E-state index in [4.69, 9.17) is 11.6 Å². The summed E-state index contributed by atoms with van der Waals surface area (Å²) in [5.74, 6) is -0.615. The number of amides is 2. The highest BCUT2D eigenvalue weighted by Crippen LogP contribution is 2.22. The third kappa shape index (κ3) is 4.87. The molecule has 0 atom stereocenters. The van der Waals surface area contributed by atoms with Crippen LogP contribution in [-0.4, -0.2) is 28.3 Å². The van der Waals surface area contributed by atoms with Gasteiger partial charge in [0.05, 0.1) is 18.8 Å². The van der Waals surface area contributed by atoms with Crippen LogP contribution in [0.4, 0.5) is 0 Å². The first-order valence-corrected chi connectivity index (χ1v) is 9.03. The van der Waals surface area contributed by atoms with Crippen molar-refractivity contribution in [2.45, 2.75) is 6.54 Å². The maximum Gasteiger partial charge on any atom is 0.251 e. The van der Waals surface area contributed by atoms with Crippen LogP contribution in [0.3, 0.4) is 0 Å². The summed E-state index contributed by atoms with van der Waals surface area (Å²) in [6.07, 6.45) is 3.42. The summed E-state index contributed by atoms with van der Waals surface area (Å²) >= 11 is 7.28. The molecule has 8 heteroatoms. The zero-order valence-corrected chi connectivity index (χ0v) is 15.2. The Labute approximate surface area is 159 Å². The van der Waals surface area contributed by atoms with Crippen molar-refractivity contribution in [3.63, 3.8) is 0 Å². The zero-order chi connectivity index (χ0) is 18.4. The Hall–Kier alpha value is -2.77. The minimum absolute atomic E-state index is 0.108. The van der Waals surface area contributed by atoms with Crippen molar-refractivity contribution in [2.24, 2.45) is 0 Å². The number of carbonyl (C=O) groups is 2. The summed E-state index contributed by atoms with van der Waals surface area (Å²) < 4.78 is 0. The maximum absolute atomic E-state index is 11.9. The van der Waals surface area contributed by atoms with E-state index in [1.165, 1.54) is 11.3 Å². The number of benzene rings is 1. The minimum atomic E-state index is -0.328. The average Bonchev–Trinajstić information content (AvgIpc) is 3.15. The molecule has 0 saturated carbocycles. The highest BCUT2D eigenvalue weighted by Gasteiger charge is 2.09. The second-order valence-corrected chi connectivity index (χ2v) is 6.64. The molecular weight excluding hydrogens is 372 g/mol. The lowest BCUT2D eigenvalue weighted by molar-refractivity contribution is -0.120. The number of carbonyl (C=O) groups excluding carboxylic acids is 2. The van der Waals surface area contributed by atoms with Crippen LogP contribution in [-0.2, 0) is 11.3 Å². The molecule has 2 N–H and O–H groups in total. The van der Waals surface area contributed by atoms with Gasteiger partial charge in [0.25, 0.3) is 5.91 Å². The van der Waals surface area contributed by atoms with Crippen LogP contribution >= 0.6 is 22.9 Å². The molecule has 0 bridgehead atoms. The number of nitrogens with one attached hydrogen (secondary N) is 2. The number of hydrogen-bond acceptors (Lipinski definition) is 5. The molecule has 3 rings (SSSR count). The van der Waals surface area contributed by atoms with Crippen LogP contribution in [0.1, 0.15) is 16.1 Å². The van der Waals surface area contributed by atoms with Gasteiger partial charge in [-0.15, -0.1) is 11.3 Å². The molecule has 1 aromatic carbocycles. The van der Waals surface area contributed by atoms with Gasteiger partial charge in [-0.3, -0.25) is 14.6 Å². The van der Waals surface area contributed by atoms with Gasteiger partial charge in [0.15, 0.2) is 0 Å². The van der Waals surface area contributed by atoms with Gasteiger partial charge in [0.2, 0.25) is 5.91 Å². The quantitative estimate of drug-likeness (QED) is 0.682. The van der Waals surface area contributed by atoms with Crippen molar-refractivity contribution in [2.75, 3.05) is 6.54 Å². The van der Waals surface area contributed by atoms with Crippen molar-refractivity contribution in [3.05, 3.63) is 70.5 Å². The topological polar surface area (TPSA) is 84.0 Å². The second-order valence-electron chi connectivity index (χ2n) is 5.35. The Kier molecular flexibility index (Phi) is 5.93. The molecule has 0 aliphatic carbocycles. The predicted molar refractivity (Wildman–Crippen MR) is 101 cm³/mol. The van der Waals surface area contributed by atoms with Gasteiger partial charge in [-0.2, -0.15) is 0 Å². The molecule has 2 aromatic heterocycles. The number of pyridine rings is 1. The molecule has 0 aliphatic rings. The first-order valence-electron chi connectivity index (χ1n) is 7.77. The lowest BCUT2D eigenvalue weighted by Gasteiger charge is -2.06. The summed E-state index contributed by atoms with van der Waals surface area (Å²) in [6.45, 7) is 0.194. The fourth-order valence-corrected chi connectivity index (χ4v) is 3.08. The highest BCUT2D eigenvalue weighted by atomic mass is 35.5. The summed E-state index contributed by atoms with van der Waals surface area (Å²) in [5, 5.41) is 8.61. The zero-order valence-electron chi connectivity index (χ0n) is 13.6. The number of halogens is 1. The number of aromatic nitrogens is 2. The fourth-order valence-electron chi connectivity index (χ4n) is 2.13. The van der Waals surface area contributed by atoms with E-state index in [-0.39, 0.29) is 18.4 Å². The molecule has 26 heavy (non-hydrogen) atoms.